The van der Waals surface area contributed by atoms with Gasteiger partial charge in [0.15, 0.2) is 0 Å². The highest BCUT2D eigenvalue weighted by molar-refractivity contribution is 6.63. The molecule has 0 spiro atoms. The summed E-state index contributed by atoms with van der Waals surface area (Å²) in [5, 5.41) is 3.87. The van der Waals surface area contributed by atoms with Crippen LogP contribution in [0.1, 0.15) is 29.5 Å². The Morgan fingerprint density at radius 1 is 0.587 bits per heavy atom. The van der Waals surface area contributed by atoms with E-state index in [9.17, 15) is 28.8 Å². The second kappa shape index (κ2) is 20.7. The van der Waals surface area contributed by atoms with Crippen molar-refractivity contribution in [1.82, 2.24) is 10.6 Å². The average molecular weight is 655 g/mol. The number of amides is 2. The second-order valence-corrected chi connectivity index (χ2v) is 9.95. The molecule has 0 bridgehead atoms. The quantitative estimate of drug-likeness (QED) is 0.146. The van der Waals surface area contributed by atoms with Crippen LogP contribution in [0, 0.1) is 0 Å². The SMILES string of the molecule is COC(=O)[C@H](CC(=O)Cc1ccccc1)NC(=O)OCc1ccccc1.COC(=O)[C@H](CC(=O)Cl)NC(=O)OCc1ccccc1. The molecule has 3 rings (SSSR count). The first kappa shape index (κ1) is 37.0. The van der Waals surface area contributed by atoms with Gasteiger partial charge in [-0.15, -0.1) is 0 Å². The third-order valence-corrected chi connectivity index (χ3v) is 6.18. The number of ketones is 1. The standard InChI is InChI=1S/C20H21NO5.C13H14ClNO5/c1-25-19(23)18(13-17(22)12-15-8-4-2-5-9-15)21-20(24)26-14-16-10-6-3-7-11-16;1-19-12(17)10(7-11(14)16)15-13(18)20-8-9-5-3-2-4-6-9/h2-11,18H,12-14H2,1H3,(H,21,24);2-6,10H,7-8H2,1H3,(H,15,18)/t18-;10-/m00/s1. The highest BCUT2D eigenvalue weighted by Gasteiger charge is 2.26. The third kappa shape index (κ3) is 15.0. The molecule has 0 aliphatic carbocycles. The molecule has 0 saturated heterocycles. The van der Waals surface area contributed by atoms with Crippen LogP contribution in [0.4, 0.5) is 9.59 Å². The fraction of sp³-hybridized carbons (Fsp3) is 0.273. The number of Topliss-reactive ketones (excluding diaryl/α,β-unsaturated/α-hetero) is 1. The summed E-state index contributed by atoms with van der Waals surface area (Å²) in [7, 11) is 2.35. The molecular formula is C33H35ClN2O10. The lowest BCUT2D eigenvalue weighted by molar-refractivity contribution is -0.144. The molecule has 0 unspecified atom stereocenters. The number of hydrogen-bond donors (Lipinski definition) is 2. The van der Waals surface area contributed by atoms with Crippen molar-refractivity contribution in [2.24, 2.45) is 0 Å². The van der Waals surface area contributed by atoms with Gasteiger partial charge in [-0.05, 0) is 28.3 Å². The highest BCUT2D eigenvalue weighted by atomic mass is 35.5. The van der Waals surface area contributed by atoms with Crippen molar-refractivity contribution in [3.8, 4) is 0 Å². The van der Waals surface area contributed by atoms with Crippen LogP contribution in [-0.2, 0) is 57.8 Å². The zero-order valence-corrected chi connectivity index (χ0v) is 26.1. The Morgan fingerprint density at radius 3 is 1.33 bits per heavy atom. The van der Waals surface area contributed by atoms with Gasteiger partial charge in [-0.3, -0.25) is 9.59 Å². The molecule has 3 aromatic carbocycles. The smallest absolute Gasteiger partial charge is 0.408 e. The van der Waals surface area contributed by atoms with Crippen LogP contribution in [0.15, 0.2) is 91.0 Å². The lowest BCUT2D eigenvalue weighted by Crippen LogP contribution is -2.43. The summed E-state index contributed by atoms with van der Waals surface area (Å²) < 4.78 is 19.1. The zero-order chi connectivity index (χ0) is 33.7. The van der Waals surface area contributed by atoms with Crippen LogP contribution in [0.25, 0.3) is 0 Å². The van der Waals surface area contributed by atoms with E-state index in [1.54, 1.807) is 24.3 Å². The minimum atomic E-state index is -1.16. The first-order chi connectivity index (χ1) is 22.1. The van der Waals surface area contributed by atoms with Gasteiger partial charge < -0.3 is 29.6 Å². The van der Waals surface area contributed by atoms with Crippen LogP contribution in [0.5, 0.6) is 0 Å². The Kier molecular flexibility index (Phi) is 16.6. The number of halogens is 1. The summed E-state index contributed by atoms with van der Waals surface area (Å²) >= 11 is 5.19. The molecular weight excluding hydrogens is 620 g/mol. The van der Waals surface area contributed by atoms with Crippen LogP contribution in [0.2, 0.25) is 0 Å². The Balaban J connectivity index is 0.000000332. The van der Waals surface area contributed by atoms with Gasteiger partial charge in [-0.2, -0.15) is 0 Å². The Morgan fingerprint density at radius 2 is 0.957 bits per heavy atom. The molecule has 46 heavy (non-hydrogen) atoms. The van der Waals surface area contributed by atoms with Gasteiger partial charge in [0, 0.05) is 12.8 Å². The lowest BCUT2D eigenvalue weighted by atomic mass is 10.0. The van der Waals surface area contributed by atoms with Crippen molar-refractivity contribution in [1.29, 1.82) is 0 Å². The average Bonchev–Trinajstić information content (AvgIpc) is 3.06. The zero-order valence-electron chi connectivity index (χ0n) is 25.3. The maximum atomic E-state index is 12.2. The van der Waals surface area contributed by atoms with E-state index in [-0.39, 0.29) is 38.3 Å². The van der Waals surface area contributed by atoms with Crippen molar-refractivity contribution in [2.45, 2.75) is 44.6 Å². The minimum Gasteiger partial charge on any atom is -0.467 e. The summed E-state index contributed by atoms with van der Waals surface area (Å²) in [5.41, 5.74) is 2.45. The fourth-order valence-corrected chi connectivity index (χ4v) is 3.92. The molecule has 13 heteroatoms. The molecule has 2 atom stereocenters. The van der Waals surface area contributed by atoms with Crippen molar-refractivity contribution < 1.29 is 47.7 Å². The van der Waals surface area contributed by atoms with E-state index in [0.29, 0.717) is 0 Å². The number of esters is 2. The van der Waals surface area contributed by atoms with Crippen LogP contribution in [0.3, 0.4) is 0 Å². The summed E-state index contributed by atoms with van der Waals surface area (Å²) in [4.78, 5) is 69.7. The number of methoxy groups -OCH3 is 2. The van der Waals surface area contributed by atoms with E-state index in [1.165, 1.54) is 7.11 Å². The third-order valence-electron chi connectivity index (χ3n) is 6.02. The van der Waals surface area contributed by atoms with Gasteiger partial charge in [0.05, 0.1) is 20.6 Å². The molecule has 2 N–H and O–H groups in total. The van der Waals surface area contributed by atoms with E-state index in [0.717, 1.165) is 23.8 Å². The predicted molar refractivity (Wildman–Crippen MR) is 166 cm³/mol. The van der Waals surface area contributed by atoms with Gasteiger partial charge in [-0.25, -0.2) is 19.2 Å². The first-order valence-electron chi connectivity index (χ1n) is 13.9. The van der Waals surface area contributed by atoms with E-state index in [4.69, 9.17) is 21.1 Å². The molecule has 3 aromatic rings. The number of carbonyl (C=O) groups excluding carboxylic acids is 6. The second-order valence-electron chi connectivity index (χ2n) is 9.53. The fourth-order valence-electron chi connectivity index (χ4n) is 3.77. The van der Waals surface area contributed by atoms with Crippen LogP contribution >= 0.6 is 11.6 Å². The van der Waals surface area contributed by atoms with Gasteiger partial charge in [0.1, 0.15) is 31.1 Å². The largest absolute Gasteiger partial charge is 0.467 e. The number of nitrogens with one attached hydrogen (secondary N) is 2. The molecule has 2 amide bonds. The number of hydrogen-bond acceptors (Lipinski definition) is 10. The van der Waals surface area contributed by atoms with Gasteiger partial charge in [-0.1, -0.05) is 91.0 Å². The molecule has 0 fully saturated rings. The topological polar surface area (TPSA) is 163 Å². The Labute approximate surface area is 271 Å². The number of ether oxygens (including phenoxy) is 4. The Bertz CT molecular complexity index is 1420. The summed E-state index contributed by atoms with van der Waals surface area (Å²) in [6, 6.07) is 25.1. The van der Waals surface area contributed by atoms with Crippen molar-refractivity contribution in [2.75, 3.05) is 14.2 Å². The first-order valence-corrected chi connectivity index (χ1v) is 14.3. The number of benzene rings is 3. The van der Waals surface area contributed by atoms with E-state index < -0.39 is 41.5 Å². The molecule has 0 saturated carbocycles. The number of carbonyl (C=O) groups is 6. The molecule has 0 aromatic heterocycles. The van der Waals surface area contributed by atoms with E-state index >= 15 is 0 Å². The van der Waals surface area contributed by atoms with E-state index in [2.05, 4.69) is 20.1 Å². The summed E-state index contributed by atoms with van der Waals surface area (Å²) in [6.45, 7) is 0.119. The van der Waals surface area contributed by atoms with Gasteiger partial charge >= 0.3 is 24.1 Å². The van der Waals surface area contributed by atoms with Crippen LogP contribution < -0.4 is 10.6 Å². The molecule has 0 heterocycles. The van der Waals surface area contributed by atoms with Crippen molar-refractivity contribution in [3.63, 3.8) is 0 Å². The minimum absolute atomic E-state index is 0.0510. The molecule has 0 aliphatic rings. The van der Waals surface area contributed by atoms with Gasteiger partial charge in [0.2, 0.25) is 5.24 Å². The maximum Gasteiger partial charge on any atom is 0.408 e. The predicted octanol–water partition coefficient (Wildman–Crippen LogP) is 4.27. The molecule has 244 valence electrons. The number of rotatable bonds is 14. The monoisotopic (exact) mass is 654 g/mol. The highest BCUT2D eigenvalue weighted by Crippen LogP contribution is 2.07. The summed E-state index contributed by atoms with van der Waals surface area (Å²) in [5.74, 6) is -1.64. The van der Waals surface area contributed by atoms with Crippen molar-refractivity contribution in [3.05, 3.63) is 108 Å². The van der Waals surface area contributed by atoms with Crippen LogP contribution in [-0.4, -0.2) is 61.5 Å². The Hall–Kier alpha value is -5.23. The van der Waals surface area contributed by atoms with E-state index in [1.807, 2.05) is 66.7 Å². The van der Waals surface area contributed by atoms with Gasteiger partial charge in [0.25, 0.3) is 0 Å². The van der Waals surface area contributed by atoms with Crippen molar-refractivity contribution >= 4 is 46.8 Å². The maximum absolute atomic E-state index is 12.2. The molecule has 0 aliphatic heterocycles. The molecule has 0 radical (unpaired) electrons. The normalized spacial score (nSPS) is 11.3. The summed E-state index contributed by atoms with van der Waals surface area (Å²) in [6.07, 6.45) is -1.97. The lowest BCUT2D eigenvalue weighted by Gasteiger charge is -2.16. The number of alkyl carbamates (subject to hydrolysis) is 2. The molecule has 12 nitrogen and oxygen atoms in total.